The number of carboxylic acids is 3. The average molecular weight is 1260 g/mol. The second-order valence-corrected chi connectivity index (χ2v) is 23.5. The molecule has 3 fully saturated rings. The Morgan fingerprint density at radius 3 is 1.70 bits per heavy atom. The lowest BCUT2D eigenvalue weighted by molar-refractivity contribution is -0.149. The van der Waals surface area contributed by atoms with E-state index >= 15 is 4.79 Å². The number of carbonyl (C=O) groups is 15. The van der Waals surface area contributed by atoms with Crippen LogP contribution in [0.15, 0.2) is 12.2 Å². The fraction of sp³-hybridized carbons (Fsp3) is 0.702. The van der Waals surface area contributed by atoms with E-state index < -0.39 is 200 Å². The third-order valence-corrected chi connectivity index (χ3v) is 15.3. The number of nitrogens with two attached hydrogens (primary N) is 2. The van der Waals surface area contributed by atoms with Gasteiger partial charge in [-0.3, -0.25) is 71.9 Å². The number of aliphatic carboxylic acids is 3. The summed E-state index contributed by atoms with van der Waals surface area (Å²) in [6.07, 6.45) is 7.90. The molecule has 0 aromatic rings. The van der Waals surface area contributed by atoms with Gasteiger partial charge in [-0.25, -0.2) is 0 Å². The summed E-state index contributed by atoms with van der Waals surface area (Å²) >= 11 is 0. The second kappa shape index (κ2) is 36.9. The standard InChI is InChI=1S/C57H92N14O18/c1-29(2)18-13-11-9-8-10-12-14-21-39(72)64-36(26-58)50(81)69-47-33(7)62-51(82)38-20-17-23-71(38)55(86)44(30(3)4)67-54(85)46(32(6)59)66-41(74)28-61-48(79)34(24-42(75)76)63-40(73)27-60-49(80)35(25-43(77)78)65-53(84)45(31(5)57(88)89)68-52(83)37-19-15-16-22-70(37)56(47)87/h12,14,29-38,44-47H,8-11,13,15-28,58-59H2,1-7H3,(H,60,80)(H,61,79)(H,62,82)(H,63,73)(H,64,72)(H,65,84)(H,66,74)(H,67,85)(H,68,83)(H,69,81)(H,75,76)(H,77,78)(H,88,89)/b14-12+. The average Bonchev–Trinajstić information content (AvgIpc) is 2.33. The molecule has 12 atom stereocenters. The van der Waals surface area contributed by atoms with Gasteiger partial charge in [0.15, 0.2) is 0 Å². The number of piperidine rings is 1. The van der Waals surface area contributed by atoms with E-state index in [1.54, 1.807) is 19.9 Å². The third kappa shape index (κ3) is 24.3. The SMILES string of the molecule is CC(C)CCCCCC/C=C/CC(=O)NC(CN)C(=O)NC1C(=O)N2CCCCC2C(=O)NC(C(C)C(=O)O)C(=O)NC(CC(=O)O)C(=O)NCC(=O)NC(CC(=O)O)C(=O)NCC(=O)NC(C(C)N)C(=O)NC(C(C)C)C(=O)N2CCCC2C(=O)NC1C. The Bertz CT molecular complexity index is 2600. The van der Waals surface area contributed by atoms with E-state index in [0.717, 1.165) is 50.3 Å². The number of unbranched alkanes of at least 4 members (excludes halogenated alkanes) is 4. The number of allylic oxidation sites excluding steroid dienone is 1. The van der Waals surface area contributed by atoms with Crippen LogP contribution in [0.1, 0.15) is 138 Å². The zero-order chi connectivity index (χ0) is 66.8. The highest BCUT2D eigenvalue weighted by Crippen LogP contribution is 2.24. The number of carboxylic acid groups (broad SMARTS) is 3. The van der Waals surface area contributed by atoms with Gasteiger partial charge in [-0.15, -0.1) is 0 Å². The van der Waals surface area contributed by atoms with E-state index in [2.05, 4.69) is 61.7 Å². The summed E-state index contributed by atoms with van der Waals surface area (Å²) in [6.45, 7) is 8.55. The molecule has 0 spiro atoms. The minimum Gasteiger partial charge on any atom is -0.481 e. The van der Waals surface area contributed by atoms with Crippen molar-refractivity contribution < 1.29 is 87.2 Å². The van der Waals surface area contributed by atoms with Crippen LogP contribution in [-0.4, -0.2) is 213 Å². The number of rotatable bonds is 21. The normalized spacial score (nSPS) is 25.7. The van der Waals surface area contributed by atoms with Crippen LogP contribution in [0.4, 0.5) is 0 Å². The lowest BCUT2D eigenvalue weighted by atomic mass is 9.96. The number of fused-ring (bicyclic) bond motifs is 2. The van der Waals surface area contributed by atoms with Gasteiger partial charge in [-0.1, -0.05) is 65.5 Å². The van der Waals surface area contributed by atoms with Gasteiger partial charge in [0.2, 0.25) is 70.9 Å². The molecule has 0 aromatic carbocycles. The largest absolute Gasteiger partial charge is 0.481 e. The van der Waals surface area contributed by atoms with Crippen LogP contribution in [-0.2, 0) is 71.9 Å². The Morgan fingerprint density at radius 2 is 1.13 bits per heavy atom. The van der Waals surface area contributed by atoms with Gasteiger partial charge < -0.3 is 89.8 Å². The van der Waals surface area contributed by atoms with Crippen molar-refractivity contribution in [1.82, 2.24) is 63.0 Å². The fourth-order valence-electron chi connectivity index (χ4n) is 10.2. The molecule has 17 N–H and O–H groups in total. The molecule has 3 saturated heterocycles. The molecular formula is C57H92N14O18. The Labute approximate surface area is 516 Å². The highest BCUT2D eigenvalue weighted by molar-refractivity contribution is 6.01. The lowest BCUT2D eigenvalue weighted by Gasteiger charge is -2.39. The molecule has 0 bridgehead atoms. The predicted molar refractivity (Wildman–Crippen MR) is 316 cm³/mol. The zero-order valence-corrected chi connectivity index (χ0v) is 51.7. The summed E-state index contributed by atoms with van der Waals surface area (Å²) < 4.78 is 0. The highest BCUT2D eigenvalue weighted by Gasteiger charge is 2.45. The molecule has 498 valence electrons. The molecule has 89 heavy (non-hydrogen) atoms. The number of nitrogens with one attached hydrogen (secondary N) is 10. The van der Waals surface area contributed by atoms with E-state index in [-0.39, 0.29) is 51.6 Å². The van der Waals surface area contributed by atoms with Crippen molar-refractivity contribution in [3.8, 4) is 0 Å². The predicted octanol–water partition coefficient (Wildman–Crippen LogP) is -3.92. The maximum Gasteiger partial charge on any atom is 0.308 e. The molecule has 0 saturated carbocycles. The molecule has 12 unspecified atom stereocenters. The number of nitrogens with zero attached hydrogens (tertiary/aromatic N) is 2. The van der Waals surface area contributed by atoms with Crippen LogP contribution in [0.25, 0.3) is 0 Å². The number of hydrogen-bond acceptors (Lipinski definition) is 17. The zero-order valence-electron chi connectivity index (χ0n) is 51.7. The van der Waals surface area contributed by atoms with Gasteiger partial charge in [0.25, 0.3) is 0 Å². The first-order valence-electron chi connectivity index (χ1n) is 30.2. The number of carbonyl (C=O) groups excluding carboxylic acids is 12. The van der Waals surface area contributed by atoms with Crippen LogP contribution < -0.4 is 64.6 Å². The van der Waals surface area contributed by atoms with Crippen LogP contribution in [0, 0.1) is 17.8 Å². The minimum atomic E-state index is -2.10. The van der Waals surface area contributed by atoms with E-state index in [1.807, 2.05) is 11.4 Å². The van der Waals surface area contributed by atoms with Gasteiger partial charge in [0.1, 0.15) is 54.4 Å². The van der Waals surface area contributed by atoms with Crippen molar-refractivity contribution >= 4 is 88.8 Å². The number of amides is 12. The molecule has 3 aliphatic rings. The number of hydrogen-bond donors (Lipinski definition) is 15. The Hall–Kier alpha value is -8.29. The molecule has 32 nitrogen and oxygen atoms in total. The molecule has 0 aromatic heterocycles. The van der Waals surface area contributed by atoms with Crippen LogP contribution in [0.3, 0.4) is 0 Å². The third-order valence-electron chi connectivity index (χ3n) is 15.3. The lowest BCUT2D eigenvalue weighted by Crippen LogP contribution is -2.66. The van der Waals surface area contributed by atoms with E-state index in [0.29, 0.717) is 5.92 Å². The van der Waals surface area contributed by atoms with Crippen LogP contribution >= 0.6 is 0 Å². The Kier molecular flexibility index (Phi) is 31.1. The molecule has 3 aliphatic heterocycles. The molecular weight excluding hydrogens is 1170 g/mol. The molecule has 32 heteroatoms. The first-order chi connectivity index (χ1) is 41.9. The quantitative estimate of drug-likeness (QED) is 0.0386. The van der Waals surface area contributed by atoms with Crippen LogP contribution in [0.5, 0.6) is 0 Å². The Morgan fingerprint density at radius 1 is 0.607 bits per heavy atom. The van der Waals surface area contributed by atoms with Crippen molar-refractivity contribution in [2.75, 3.05) is 32.7 Å². The second-order valence-electron chi connectivity index (χ2n) is 23.5. The maximum atomic E-state index is 15.2. The smallest absolute Gasteiger partial charge is 0.308 e. The first kappa shape index (κ1) is 75.0. The summed E-state index contributed by atoms with van der Waals surface area (Å²) in [5.41, 5.74) is 12.1. The van der Waals surface area contributed by atoms with Crippen molar-refractivity contribution in [3.05, 3.63) is 12.2 Å². The van der Waals surface area contributed by atoms with E-state index in [4.69, 9.17) is 11.5 Å². The fourth-order valence-corrected chi connectivity index (χ4v) is 10.2. The van der Waals surface area contributed by atoms with E-state index in [9.17, 15) is 82.4 Å². The summed E-state index contributed by atoms with van der Waals surface area (Å²) in [6, 6.07) is -17.6. The van der Waals surface area contributed by atoms with Gasteiger partial charge in [0.05, 0.1) is 37.9 Å². The summed E-state index contributed by atoms with van der Waals surface area (Å²) in [7, 11) is 0. The van der Waals surface area contributed by atoms with E-state index in [1.165, 1.54) is 18.7 Å². The van der Waals surface area contributed by atoms with Crippen molar-refractivity contribution in [3.63, 3.8) is 0 Å². The molecule has 0 radical (unpaired) electrons. The first-order valence-corrected chi connectivity index (χ1v) is 30.2. The molecule has 0 aliphatic carbocycles. The Balaban J connectivity index is 2.13. The topological polar surface area (TPSA) is 496 Å². The van der Waals surface area contributed by atoms with Crippen molar-refractivity contribution in [1.29, 1.82) is 0 Å². The maximum absolute atomic E-state index is 15.2. The van der Waals surface area contributed by atoms with Gasteiger partial charge in [0, 0.05) is 32.1 Å². The van der Waals surface area contributed by atoms with Crippen molar-refractivity contribution in [2.24, 2.45) is 29.2 Å². The summed E-state index contributed by atoms with van der Waals surface area (Å²) in [4.78, 5) is 206. The highest BCUT2D eigenvalue weighted by atomic mass is 16.4. The van der Waals surface area contributed by atoms with Crippen molar-refractivity contribution in [2.45, 2.75) is 205 Å². The monoisotopic (exact) mass is 1260 g/mol. The minimum absolute atomic E-state index is 0.00257. The molecule has 3 rings (SSSR count). The molecule has 3 heterocycles. The summed E-state index contributed by atoms with van der Waals surface area (Å²) in [5.74, 6) is -19.4. The van der Waals surface area contributed by atoms with Gasteiger partial charge in [-0.2, -0.15) is 0 Å². The van der Waals surface area contributed by atoms with Gasteiger partial charge in [-0.05, 0) is 77.6 Å². The van der Waals surface area contributed by atoms with Crippen LogP contribution in [0.2, 0.25) is 0 Å². The summed E-state index contributed by atoms with van der Waals surface area (Å²) in [5, 5.41) is 52.8. The van der Waals surface area contributed by atoms with Gasteiger partial charge >= 0.3 is 17.9 Å². The molecule has 12 amide bonds.